The zero-order valence-electron chi connectivity index (χ0n) is 16.7. The standard InChI is InChI=1S/C22H36O2/c1-8-24-21(23)20-19(22(20,6)7)15-18(5)14-10-13-17(4)12-9-11-16(2)3/h11,13,15,19-20H,8-10,12,14H2,1-7H3/b17-13+,18-15+/t19-,20+/m0/s1. The molecule has 0 aromatic heterocycles. The molecule has 136 valence electrons. The smallest absolute Gasteiger partial charge is 0.310 e. The average molecular weight is 333 g/mol. The summed E-state index contributed by atoms with van der Waals surface area (Å²) in [6.45, 7) is 15.4. The van der Waals surface area contributed by atoms with Crippen molar-refractivity contribution in [1.82, 2.24) is 0 Å². The monoisotopic (exact) mass is 332 g/mol. The van der Waals surface area contributed by atoms with Gasteiger partial charge in [0.1, 0.15) is 0 Å². The van der Waals surface area contributed by atoms with Crippen molar-refractivity contribution in [2.75, 3.05) is 6.61 Å². The minimum Gasteiger partial charge on any atom is -0.466 e. The van der Waals surface area contributed by atoms with E-state index < -0.39 is 0 Å². The van der Waals surface area contributed by atoms with Gasteiger partial charge in [-0.1, -0.05) is 48.8 Å². The summed E-state index contributed by atoms with van der Waals surface area (Å²) in [5.74, 6) is 0.333. The maximum Gasteiger partial charge on any atom is 0.310 e. The largest absolute Gasteiger partial charge is 0.466 e. The molecule has 0 heterocycles. The SMILES string of the molecule is CCOC(=O)[C@H]1[C@H](/C=C(\C)CC/C=C(\C)CCC=C(C)C)C1(C)C. The molecule has 24 heavy (non-hydrogen) atoms. The van der Waals surface area contributed by atoms with Crippen LogP contribution in [-0.2, 0) is 9.53 Å². The minimum absolute atomic E-state index is 0.0356. The Morgan fingerprint density at radius 3 is 2.17 bits per heavy atom. The van der Waals surface area contributed by atoms with Gasteiger partial charge in [0.15, 0.2) is 0 Å². The molecule has 1 fully saturated rings. The van der Waals surface area contributed by atoms with Crippen LogP contribution < -0.4 is 0 Å². The Morgan fingerprint density at radius 2 is 1.58 bits per heavy atom. The summed E-state index contributed by atoms with van der Waals surface area (Å²) in [5.41, 5.74) is 4.29. The van der Waals surface area contributed by atoms with Crippen LogP contribution in [0.15, 0.2) is 34.9 Å². The number of hydrogen-bond acceptors (Lipinski definition) is 2. The fourth-order valence-corrected chi connectivity index (χ4v) is 3.30. The van der Waals surface area contributed by atoms with Gasteiger partial charge in [0.25, 0.3) is 0 Å². The molecule has 0 aliphatic heterocycles. The molecule has 1 saturated carbocycles. The molecule has 1 aliphatic rings. The first kappa shape index (κ1) is 20.7. The average Bonchev–Trinajstić information content (AvgIpc) is 2.99. The predicted molar refractivity (Wildman–Crippen MR) is 103 cm³/mol. The fraction of sp³-hybridized carbons (Fsp3) is 0.682. The Bertz CT molecular complexity index is 516. The summed E-state index contributed by atoms with van der Waals surface area (Å²) in [6, 6.07) is 0. The lowest BCUT2D eigenvalue weighted by atomic mass is 10.0. The topological polar surface area (TPSA) is 26.3 Å². The highest BCUT2D eigenvalue weighted by atomic mass is 16.5. The number of rotatable bonds is 9. The molecule has 0 unspecified atom stereocenters. The summed E-state index contributed by atoms with van der Waals surface area (Å²) >= 11 is 0. The Labute approximate surface area is 149 Å². The lowest BCUT2D eigenvalue weighted by molar-refractivity contribution is -0.145. The van der Waals surface area contributed by atoms with Crippen LogP contribution in [0.1, 0.15) is 74.1 Å². The molecule has 2 nitrogen and oxygen atoms in total. The summed E-state index contributed by atoms with van der Waals surface area (Å²) in [5, 5.41) is 0. The van der Waals surface area contributed by atoms with E-state index in [1.807, 2.05) is 6.92 Å². The zero-order valence-corrected chi connectivity index (χ0v) is 16.7. The van der Waals surface area contributed by atoms with Crippen LogP contribution in [0.4, 0.5) is 0 Å². The highest BCUT2D eigenvalue weighted by Crippen LogP contribution is 2.59. The lowest BCUT2D eigenvalue weighted by Gasteiger charge is -2.02. The first-order valence-electron chi connectivity index (χ1n) is 9.33. The van der Waals surface area contributed by atoms with Crippen LogP contribution in [0.3, 0.4) is 0 Å². The highest BCUT2D eigenvalue weighted by molar-refractivity contribution is 5.78. The number of esters is 1. The van der Waals surface area contributed by atoms with E-state index in [2.05, 4.69) is 59.8 Å². The van der Waals surface area contributed by atoms with Gasteiger partial charge in [-0.15, -0.1) is 0 Å². The van der Waals surface area contributed by atoms with Gasteiger partial charge in [-0.2, -0.15) is 0 Å². The second-order valence-corrected chi connectivity index (χ2v) is 8.00. The van der Waals surface area contributed by atoms with Crippen molar-refractivity contribution in [3.05, 3.63) is 34.9 Å². The van der Waals surface area contributed by atoms with Crippen molar-refractivity contribution < 1.29 is 9.53 Å². The maximum absolute atomic E-state index is 12.0. The summed E-state index contributed by atoms with van der Waals surface area (Å²) in [4.78, 5) is 12.0. The van der Waals surface area contributed by atoms with Gasteiger partial charge in [0.2, 0.25) is 0 Å². The third-order valence-electron chi connectivity index (χ3n) is 5.04. The van der Waals surface area contributed by atoms with Crippen molar-refractivity contribution in [2.24, 2.45) is 17.3 Å². The van der Waals surface area contributed by atoms with Gasteiger partial charge in [-0.3, -0.25) is 4.79 Å². The number of allylic oxidation sites excluding steroid dienone is 6. The summed E-state index contributed by atoms with van der Waals surface area (Å²) in [7, 11) is 0. The van der Waals surface area contributed by atoms with E-state index in [0.29, 0.717) is 12.5 Å². The quantitative estimate of drug-likeness (QED) is 0.369. The molecule has 0 bridgehead atoms. The molecular formula is C22H36O2. The van der Waals surface area contributed by atoms with Crippen LogP contribution in [0.25, 0.3) is 0 Å². The van der Waals surface area contributed by atoms with E-state index in [1.165, 1.54) is 16.7 Å². The van der Waals surface area contributed by atoms with E-state index in [4.69, 9.17) is 4.74 Å². The molecule has 0 saturated heterocycles. The molecule has 0 N–H and O–H groups in total. The van der Waals surface area contributed by atoms with E-state index in [1.54, 1.807) is 0 Å². The molecule has 2 atom stereocenters. The van der Waals surface area contributed by atoms with Crippen LogP contribution in [0.2, 0.25) is 0 Å². The Morgan fingerprint density at radius 1 is 1.00 bits per heavy atom. The first-order chi connectivity index (χ1) is 11.2. The third-order valence-corrected chi connectivity index (χ3v) is 5.04. The number of carbonyl (C=O) groups excluding carboxylic acids is 1. The molecule has 0 aromatic rings. The van der Waals surface area contributed by atoms with Gasteiger partial charge < -0.3 is 4.74 Å². The Hall–Kier alpha value is -1.31. The molecule has 1 aliphatic carbocycles. The van der Waals surface area contributed by atoms with Crippen molar-refractivity contribution in [3.63, 3.8) is 0 Å². The van der Waals surface area contributed by atoms with Gasteiger partial charge in [-0.25, -0.2) is 0 Å². The van der Waals surface area contributed by atoms with Crippen LogP contribution >= 0.6 is 0 Å². The van der Waals surface area contributed by atoms with E-state index in [0.717, 1.165) is 25.7 Å². The molecule has 2 heteroatoms. The summed E-state index contributed by atoms with van der Waals surface area (Å²) < 4.78 is 5.20. The van der Waals surface area contributed by atoms with E-state index in [9.17, 15) is 4.79 Å². The van der Waals surface area contributed by atoms with E-state index in [-0.39, 0.29) is 17.3 Å². The number of hydrogen-bond donors (Lipinski definition) is 0. The van der Waals surface area contributed by atoms with Crippen LogP contribution in [0.5, 0.6) is 0 Å². The number of ether oxygens (including phenoxy) is 1. The van der Waals surface area contributed by atoms with Gasteiger partial charge >= 0.3 is 5.97 Å². The van der Waals surface area contributed by atoms with Crippen molar-refractivity contribution >= 4 is 5.97 Å². The first-order valence-corrected chi connectivity index (χ1v) is 9.33. The zero-order chi connectivity index (χ0) is 18.3. The molecule has 0 spiro atoms. The summed E-state index contributed by atoms with van der Waals surface area (Å²) in [6.07, 6.45) is 11.4. The van der Waals surface area contributed by atoms with E-state index >= 15 is 0 Å². The molecule has 0 aromatic carbocycles. The molecule has 0 amide bonds. The normalized spacial score (nSPS) is 23.0. The predicted octanol–water partition coefficient (Wildman–Crippen LogP) is 6.24. The van der Waals surface area contributed by atoms with Gasteiger partial charge in [0, 0.05) is 0 Å². The molecular weight excluding hydrogens is 296 g/mol. The second-order valence-electron chi connectivity index (χ2n) is 8.00. The maximum atomic E-state index is 12.0. The Kier molecular flexibility index (Phi) is 7.99. The van der Waals surface area contributed by atoms with Crippen molar-refractivity contribution in [1.29, 1.82) is 0 Å². The Balaban J connectivity index is 2.45. The number of carbonyl (C=O) groups is 1. The second kappa shape index (κ2) is 9.25. The minimum atomic E-state index is -0.0356. The lowest BCUT2D eigenvalue weighted by Crippen LogP contribution is -2.10. The molecule has 1 rings (SSSR count). The van der Waals surface area contributed by atoms with Crippen LogP contribution in [0, 0.1) is 17.3 Å². The van der Waals surface area contributed by atoms with Gasteiger partial charge in [-0.05, 0) is 71.6 Å². The molecule has 0 radical (unpaired) electrons. The highest BCUT2D eigenvalue weighted by Gasteiger charge is 2.61. The van der Waals surface area contributed by atoms with Crippen molar-refractivity contribution in [2.45, 2.75) is 74.1 Å². The van der Waals surface area contributed by atoms with Crippen LogP contribution in [-0.4, -0.2) is 12.6 Å². The van der Waals surface area contributed by atoms with Crippen molar-refractivity contribution in [3.8, 4) is 0 Å². The van der Waals surface area contributed by atoms with Gasteiger partial charge in [0.05, 0.1) is 12.5 Å². The third kappa shape index (κ3) is 6.30. The fourth-order valence-electron chi connectivity index (χ4n) is 3.30.